The van der Waals surface area contributed by atoms with Gasteiger partial charge in [-0.15, -0.1) is 18.2 Å². The Morgan fingerprint density at radius 1 is 1.46 bits per heavy atom. The first-order chi connectivity index (χ1) is 6.20. The molecule has 13 heavy (non-hydrogen) atoms. The molecule has 0 aromatic carbocycles. The van der Waals surface area contributed by atoms with Gasteiger partial charge in [0.2, 0.25) is 0 Å². The second-order valence-electron chi connectivity index (χ2n) is 3.42. The van der Waals surface area contributed by atoms with Crippen LogP contribution in [0.4, 0.5) is 0 Å². The van der Waals surface area contributed by atoms with Gasteiger partial charge in [-0.3, -0.25) is 0 Å². The normalized spacial score (nSPS) is 12.5. The van der Waals surface area contributed by atoms with E-state index in [9.17, 15) is 4.79 Å². The molecule has 0 aromatic rings. The highest BCUT2D eigenvalue weighted by molar-refractivity contribution is 6.17. The van der Waals surface area contributed by atoms with Crippen LogP contribution >= 0.6 is 11.6 Å². The van der Waals surface area contributed by atoms with E-state index < -0.39 is 0 Å². The Kier molecular flexibility index (Phi) is 8.11. The van der Waals surface area contributed by atoms with Crippen molar-refractivity contribution in [1.29, 1.82) is 0 Å². The number of unbranched alkanes of at least 4 members (excludes halogenated alkanes) is 1. The number of alkyl halides is 1. The van der Waals surface area contributed by atoms with Gasteiger partial charge in [0.1, 0.15) is 5.78 Å². The number of hydrogen-bond donors (Lipinski definition) is 0. The van der Waals surface area contributed by atoms with Crippen LogP contribution in [0.1, 0.15) is 39.0 Å². The molecule has 1 atom stereocenters. The largest absolute Gasteiger partial charge is 0.300 e. The van der Waals surface area contributed by atoms with Gasteiger partial charge in [0.25, 0.3) is 0 Å². The van der Waals surface area contributed by atoms with Gasteiger partial charge in [0.15, 0.2) is 0 Å². The Bertz CT molecular complexity index is 154. The van der Waals surface area contributed by atoms with Crippen molar-refractivity contribution in [3.63, 3.8) is 0 Å². The third-order valence-corrected chi connectivity index (χ3v) is 2.43. The Morgan fingerprint density at radius 3 is 2.62 bits per heavy atom. The van der Waals surface area contributed by atoms with Gasteiger partial charge in [-0.1, -0.05) is 12.5 Å². The van der Waals surface area contributed by atoms with Crippen molar-refractivity contribution in [1.82, 2.24) is 0 Å². The molecule has 0 fully saturated rings. The summed E-state index contributed by atoms with van der Waals surface area (Å²) in [7, 11) is 0. The maximum atomic E-state index is 10.7. The summed E-state index contributed by atoms with van der Waals surface area (Å²) >= 11 is 5.58. The molecule has 0 amide bonds. The lowest BCUT2D eigenvalue weighted by Crippen LogP contribution is -2.00. The van der Waals surface area contributed by atoms with E-state index >= 15 is 0 Å². The van der Waals surface area contributed by atoms with Crippen LogP contribution in [0.15, 0.2) is 12.7 Å². The van der Waals surface area contributed by atoms with Gasteiger partial charge in [0.05, 0.1) is 0 Å². The van der Waals surface area contributed by atoms with E-state index in [2.05, 4.69) is 6.58 Å². The highest BCUT2D eigenvalue weighted by Crippen LogP contribution is 2.16. The fourth-order valence-electron chi connectivity index (χ4n) is 1.27. The van der Waals surface area contributed by atoms with Gasteiger partial charge in [-0.2, -0.15) is 0 Å². The number of carbonyl (C=O) groups excluding carboxylic acids is 1. The lowest BCUT2D eigenvalue weighted by molar-refractivity contribution is -0.117. The smallest absolute Gasteiger partial charge is 0.129 e. The molecule has 0 bridgehead atoms. The molecular formula is C11H19ClO. The summed E-state index contributed by atoms with van der Waals surface area (Å²) in [5.41, 5.74) is 0. The maximum absolute atomic E-state index is 10.7. The Hall–Kier alpha value is -0.300. The molecular weight excluding hydrogens is 184 g/mol. The highest BCUT2D eigenvalue weighted by atomic mass is 35.5. The molecule has 0 aliphatic carbocycles. The van der Waals surface area contributed by atoms with E-state index in [1.165, 1.54) is 0 Å². The topological polar surface area (TPSA) is 17.1 Å². The minimum absolute atomic E-state index is 0.268. The summed E-state index contributed by atoms with van der Waals surface area (Å²) < 4.78 is 0. The number of Topliss-reactive ketones (excluding diaryl/α,β-unsaturated/α-hetero) is 1. The van der Waals surface area contributed by atoms with Crippen molar-refractivity contribution in [2.75, 3.05) is 5.88 Å². The zero-order valence-corrected chi connectivity index (χ0v) is 9.15. The van der Waals surface area contributed by atoms with Crippen LogP contribution in [-0.4, -0.2) is 11.7 Å². The molecule has 76 valence electrons. The average Bonchev–Trinajstić information content (AvgIpc) is 2.10. The number of ketones is 1. The predicted molar refractivity (Wildman–Crippen MR) is 58.2 cm³/mol. The minimum Gasteiger partial charge on any atom is -0.300 e. The van der Waals surface area contributed by atoms with Crippen LogP contribution in [0.5, 0.6) is 0 Å². The molecule has 0 saturated carbocycles. The van der Waals surface area contributed by atoms with Crippen molar-refractivity contribution < 1.29 is 4.79 Å². The van der Waals surface area contributed by atoms with Crippen LogP contribution in [-0.2, 0) is 4.79 Å². The fraction of sp³-hybridized carbons (Fsp3) is 0.727. The molecule has 0 saturated heterocycles. The van der Waals surface area contributed by atoms with Gasteiger partial charge in [-0.05, 0) is 32.1 Å². The number of allylic oxidation sites excluding steroid dienone is 1. The van der Waals surface area contributed by atoms with Crippen molar-refractivity contribution in [2.24, 2.45) is 5.92 Å². The Labute approximate surface area is 86.2 Å². The molecule has 2 heteroatoms. The van der Waals surface area contributed by atoms with Crippen LogP contribution < -0.4 is 0 Å². The van der Waals surface area contributed by atoms with Crippen molar-refractivity contribution >= 4 is 17.4 Å². The molecule has 0 radical (unpaired) electrons. The van der Waals surface area contributed by atoms with Crippen molar-refractivity contribution in [2.45, 2.75) is 39.0 Å². The third-order valence-electron chi connectivity index (χ3n) is 2.16. The quantitative estimate of drug-likeness (QED) is 0.334. The van der Waals surface area contributed by atoms with Crippen LogP contribution in [0, 0.1) is 5.92 Å². The Morgan fingerprint density at radius 2 is 2.15 bits per heavy atom. The number of carbonyl (C=O) groups is 1. The minimum atomic E-state index is 0.268. The van der Waals surface area contributed by atoms with E-state index in [0.717, 1.165) is 31.6 Å². The van der Waals surface area contributed by atoms with Gasteiger partial charge in [-0.25, -0.2) is 0 Å². The van der Waals surface area contributed by atoms with E-state index in [4.69, 9.17) is 11.6 Å². The standard InChI is InChI=1S/C11H19ClO/c1-3-11(6-4-5-9-12)8-7-10(2)13/h3,11H,1,4-9H2,2H3. The van der Waals surface area contributed by atoms with Crippen LogP contribution in [0.25, 0.3) is 0 Å². The molecule has 0 aromatic heterocycles. The van der Waals surface area contributed by atoms with Gasteiger partial charge >= 0.3 is 0 Å². The molecule has 0 aliphatic heterocycles. The molecule has 0 aliphatic rings. The summed E-state index contributed by atoms with van der Waals surface area (Å²) in [5.74, 6) is 1.49. The molecule has 0 rings (SSSR count). The fourth-order valence-corrected chi connectivity index (χ4v) is 1.46. The predicted octanol–water partition coefficient (Wildman–Crippen LogP) is 3.57. The maximum Gasteiger partial charge on any atom is 0.129 e. The zero-order chi connectivity index (χ0) is 10.1. The summed E-state index contributed by atoms with van der Waals surface area (Å²) in [5, 5.41) is 0. The van der Waals surface area contributed by atoms with Crippen LogP contribution in [0.2, 0.25) is 0 Å². The first kappa shape index (κ1) is 12.7. The third kappa shape index (κ3) is 8.04. The van der Waals surface area contributed by atoms with Crippen molar-refractivity contribution in [3.8, 4) is 0 Å². The lowest BCUT2D eigenvalue weighted by Gasteiger charge is -2.10. The molecule has 0 N–H and O–H groups in total. The molecule has 1 nitrogen and oxygen atoms in total. The molecule has 0 spiro atoms. The van der Waals surface area contributed by atoms with E-state index in [-0.39, 0.29) is 5.78 Å². The first-order valence-corrected chi connectivity index (χ1v) is 5.42. The van der Waals surface area contributed by atoms with E-state index in [1.54, 1.807) is 6.92 Å². The number of hydrogen-bond acceptors (Lipinski definition) is 1. The average molecular weight is 203 g/mol. The molecule has 1 unspecified atom stereocenters. The summed E-state index contributed by atoms with van der Waals surface area (Å²) in [6.45, 7) is 5.41. The summed E-state index contributed by atoms with van der Waals surface area (Å²) in [6, 6.07) is 0. The van der Waals surface area contributed by atoms with Crippen molar-refractivity contribution in [3.05, 3.63) is 12.7 Å². The van der Waals surface area contributed by atoms with Gasteiger partial charge in [0, 0.05) is 12.3 Å². The van der Waals surface area contributed by atoms with E-state index in [0.29, 0.717) is 12.3 Å². The monoisotopic (exact) mass is 202 g/mol. The lowest BCUT2D eigenvalue weighted by atomic mass is 9.96. The second-order valence-corrected chi connectivity index (χ2v) is 3.80. The molecule has 0 heterocycles. The SMILES string of the molecule is C=CC(CCCCCl)CCC(C)=O. The zero-order valence-electron chi connectivity index (χ0n) is 8.39. The first-order valence-electron chi connectivity index (χ1n) is 4.88. The number of halogens is 1. The Balaban J connectivity index is 3.51. The van der Waals surface area contributed by atoms with E-state index in [1.807, 2.05) is 6.08 Å². The second kappa shape index (κ2) is 8.31. The summed E-state index contributed by atoms with van der Waals surface area (Å²) in [6.07, 6.45) is 6.89. The highest BCUT2D eigenvalue weighted by Gasteiger charge is 2.05. The number of rotatable bonds is 8. The van der Waals surface area contributed by atoms with Gasteiger partial charge < -0.3 is 4.79 Å². The summed E-state index contributed by atoms with van der Waals surface area (Å²) in [4.78, 5) is 10.7. The van der Waals surface area contributed by atoms with Crippen LogP contribution in [0.3, 0.4) is 0 Å².